The normalized spacial score (nSPS) is 22.2. The molecular formula is C19H16O5. The molecular weight excluding hydrogens is 308 g/mol. The molecule has 2 aliphatic rings. The van der Waals surface area contributed by atoms with Crippen LogP contribution in [0.25, 0.3) is 21.9 Å². The highest BCUT2D eigenvalue weighted by Crippen LogP contribution is 2.29. The predicted molar refractivity (Wildman–Crippen MR) is 88.5 cm³/mol. The highest BCUT2D eigenvalue weighted by atomic mass is 16.6. The lowest BCUT2D eigenvalue weighted by molar-refractivity contribution is 0.407. The predicted octanol–water partition coefficient (Wildman–Crippen LogP) is 2.53. The van der Waals surface area contributed by atoms with Crippen molar-refractivity contribution in [1.82, 2.24) is 0 Å². The maximum absolute atomic E-state index is 12.8. The van der Waals surface area contributed by atoms with Crippen molar-refractivity contribution in [2.75, 3.05) is 13.2 Å². The minimum Gasteiger partial charge on any atom is -0.507 e. The van der Waals surface area contributed by atoms with Gasteiger partial charge in [-0.3, -0.25) is 4.79 Å². The van der Waals surface area contributed by atoms with Crippen LogP contribution in [0.5, 0.6) is 5.75 Å². The number of rotatable bonds is 4. The number of ether oxygens (including phenoxy) is 2. The smallest absolute Gasteiger partial charge is 0.204 e. The quantitative estimate of drug-likeness (QED) is 0.589. The van der Waals surface area contributed by atoms with E-state index in [0.29, 0.717) is 23.0 Å². The summed E-state index contributed by atoms with van der Waals surface area (Å²) in [6, 6.07) is 9.08. The first-order chi connectivity index (χ1) is 11.7. The van der Waals surface area contributed by atoms with E-state index in [9.17, 15) is 9.90 Å². The molecule has 1 aromatic heterocycles. The molecule has 122 valence electrons. The summed E-state index contributed by atoms with van der Waals surface area (Å²) in [5.41, 5.74) is 2.70. The summed E-state index contributed by atoms with van der Waals surface area (Å²) in [5.74, 6) is -0.0327. The monoisotopic (exact) mass is 324 g/mol. The molecule has 0 radical (unpaired) electrons. The molecule has 5 rings (SSSR count). The minimum atomic E-state index is -0.198. The van der Waals surface area contributed by atoms with Gasteiger partial charge in [0.25, 0.3) is 0 Å². The average molecular weight is 324 g/mol. The standard InChI is InChI=1S/C19H16O5/c20-15-6-11(4-13-9-23-13)7-17-18(15)19(21)14-5-10(3-12-8-22-12)1-2-16(14)24-17/h1-2,5-7,12-13,20H,3-4,8-9H2. The minimum absolute atomic E-state index is 0.0327. The van der Waals surface area contributed by atoms with Gasteiger partial charge < -0.3 is 19.0 Å². The molecule has 0 aliphatic carbocycles. The molecule has 5 nitrogen and oxygen atoms in total. The highest BCUT2D eigenvalue weighted by molar-refractivity contribution is 5.93. The first-order valence-corrected chi connectivity index (χ1v) is 8.12. The van der Waals surface area contributed by atoms with Gasteiger partial charge in [-0.25, -0.2) is 0 Å². The average Bonchev–Trinajstić information content (AvgIpc) is 3.44. The van der Waals surface area contributed by atoms with E-state index in [-0.39, 0.29) is 28.8 Å². The Morgan fingerprint density at radius 1 is 0.958 bits per heavy atom. The zero-order valence-corrected chi connectivity index (χ0v) is 13.0. The summed E-state index contributed by atoms with van der Waals surface area (Å²) in [4.78, 5) is 12.8. The molecule has 2 saturated heterocycles. The SMILES string of the molecule is O=c1c2cc(CC3CO3)ccc2oc2cc(CC3CO3)cc(O)c12. The van der Waals surface area contributed by atoms with E-state index in [4.69, 9.17) is 13.9 Å². The Hall–Kier alpha value is -2.37. The molecule has 2 atom stereocenters. The van der Waals surface area contributed by atoms with Crippen LogP contribution in [0.1, 0.15) is 11.1 Å². The Balaban J connectivity index is 1.67. The molecule has 2 aliphatic heterocycles. The van der Waals surface area contributed by atoms with Crippen LogP contribution in [0.15, 0.2) is 39.5 Å². The zero-order valence-electron chi connectivity index (χ0n) is 13.0. The molecule has 24 heavy (non-hydrogen) atoms. The van der Waals surface area contributed by atoms with Gasteiger partial charge in [0.2, 0.25) is 5.43 Å². The number of hydrogen-bond donors (Lipinski definition) is 1. The lowest BCUT2D eigenvalue weighted by atomic mass is 10.0. The first-order valence-electron chi connectivity index (χ1n) is 8.12. The number of phenolic OH excluding ortho intramolecular Hbond substituents is 1. The van der Waals surface area contributed by atoms with Crippen molar-refractivity contribution in [2.24, 2.45) is 0 Å². The van der Waals surface area contributed by atoms with Crippen molar-refractivity contribution in [3.8, 4) is 5.75 Å². The van der Waals surface area contributed by atoms with Gasteiger partial charge in [-0.1, -0.05) is 6.07 Å². The summed E-state index contributed by atoms with van der Waals surface area (Å²) >= 11 is 0. The molecule has 0 amide bonds. The molecule has 1 N–H and O–H groups in total. The van der Waals surface area contributed by atoms with E-state index in [1.165, 1.54) is 0 Å². The number of aromatic hydroxyl groups is 1. The van der Waals surface area contributed by atoms with Crippen LogP contribution in [-0.4, -0.2) is 30.5 Å². The maximum atomic E-state index is 12.8. The van der Waals surface area contributed by atoms with Gasteiger partial charge in [-0.05, 0) is 35.4 Å². The second-order valence-electron chi connectivity index (χ2n) is 6.57. The van der Waals surface area contributed by atoms with E-state index >= 15 is 0 Å². The summed E-state index contributed by atoms with van der Waals surface area (Å²) in [7, 11) is 0. The summed E-state index contributed by atoms with van der Waals surface area (Å²) in [6.45, 7) is 1.52. The van der Waals surface area contributed by atoms with Crippen molar-refractivity contribution in [3.63, 3.8) is 0 Å². The van der Waals surface area contributed by atoms with E-state index in [0.717, 1.165) is 30.8 Å². The van der Waals surface area contributed by atoms with Crippen molar-refractivity contribution in [3.05, 3.63) is 51.7 Å². The topological polar surface area (TPSA) is 75.5 Å². The second kappa shape index (κ2) is 5.06. The lowest BCUT2D eigenvalue weighted by Crippen LogP contribution is -2.05. The van der Waals surface area contributed by atoms with E-state index in [1.807, 2.05) is 24.3 Å². The Morgan fingerprint density at radius 3 is 2.38 bits per heavy atom. The highest BCUT2D eigenvalue weighted by Gasteiger charge is 2.25. The van der Waals surface area contributed by atoms with Gasteiger partial charge in [0.15, 0.2) is 0 Å². The summed E-state index contributed by atoms with van der Waals surface area (Å²) in [5, 5.41) is 11.1. The van der Waals surface area contributed by atoms with E-state index in [2.05, 4.69) is 0 Å². The van der Waals surface area contributed by atoms with Gasteiger partial charge in [0, 0.05) is 12.8 Å². The molecule has 3 aromatic rings. The van der Waals surface area contributed by atoms with Gasteiger partial charge in [0.1, 0.15) is 22.3 Å². The molecule has 2 unspecified atom stereocenters. The van der Waals surface area contributed by atoms with Crippen LogP contribution in [0.3, 0.4) is 0 Å². The third kappa shape index (κ3) is 2.46. The van der Waals surface area contributed by atoms with Gasteiger partial charge in [-0.2, -0.15) is 0 Å². The fraction of sp³-hybridized carbons (Fsp3) is 0.316. The van der Waals surface area contributed by atoms with Crippen LogP contribution in [0.4, 0.5) is 0 Å². The number of epoxide rings is 2. The maximum Gasteiger partial charge on any atom is 0.204 e. The molecule has 2 aromatic carbocycles. The summed E-state index contributed by atoms with van der Waals surface area (Å²) < 4.78 is 16.4. The number of fused-ring (bicyclic) bond motifs is 2. The molecule has 0 saturated carbocycles. The number of phenols is 1. The Morgan fingerprint density at radius 2 is 1.67 bits per heavy atom. The van der Waals surface area contributed by atoms with Crippen LogP contribution >= 0.6 is 0 Å². The van der Waals surface area contributed by atoms with Gasteiger partial charge in [-0.15, -0.1) is 0 Å². The van der Waals surface area contributed by atoms with Crippen LogP contribution in [0.2, 0.25) is 0 Å². The molecule has 3 heterocycles. The fourth-order valence-electron chi connectivity index (χ4n) is 3.20. The fourth-order valence-corrected chi connectivity index (χ4v) is 3.20. The van der Waals surface area contributed by atoms with Gasteiger partial charge >= 0.3 is 0 Å². The number of hydrogen-bond acceptors (Lipinski definition) is 5. The zero-order chi connectivity index (χ0) is 16.3. The van der Waals surface area contributed by atoms with Crippen molar-refractivity contribution in [1.29, 1.82) is 0 Å². The van der Waals surface area contributed by atoms with Crippen LogP contribution < -0.4 is 5.43 Å². The molecule has 0 bridgehead atoms. The number of benzene rings is 2. The molecule has 5 heteroatoms. The third-order valence-corrected chi connectivity index (χ3v) is 4.61. The van der Waals surface area contributed by atoms with Crippen LogP contribution in [-0.2, 0) is 22.3 Å². The van der Waals surface area contributed by atoms with E-state index in [1.54, 1.807) is 6.07 Å². The van der Waals surface area contributed by atoms with Crippen molar-refractivity contribution >= 4 is 21.9 Å². The van der Waals surface area contributed by atoms with Crippen molar-refractivity contribution in [2.45, 2.75) is 25.0 Å². The Labute approximate surface area is 137 Å². The lowest BCUT2D eigenvalue weighted by Gasteiger charge is -2.07. The Kier molecular flexibility index (Phi) is 2.96. The molecule has 0 spiro atoms. The first kappa shape index (κ1) is 14.0. The second-order valence-corrected chi connectivity index (χ2v) is 6.57. The van der Waals surface area contributed by atoms with Crippen LogP contribution in [0, 0.1) is 0 Å². The van der Waals surface area contributed by atoms with Gasteiger partial charge in [0.05, 0.1) is 30.8 Å². The third-order valence-electron chi connectivity index (χ3n) is 4.61. The van der Waals surface area contributed by atoms with Crippen molar-refractivity contribution < 1.29 is 19.0 Å². The van der Waals surface area contributed by atoms with E-state index < -0.39 is 0 Å². The Bertz CT molecular complexity index is 1010. The largest absolute Gasteiger partial charge is 0.507 e. The summed E-state index contributed by atoms with van der Waals surface area (Å²) in [6.07, 6.45) is 1.97. The molecule has 2 fully saturated rings.